The van der Waals surface area contributed by atoms with Gasteiger partial charge in [0, 0.05) is 23.3 Å². The molecule has 0 atom stereocenters. The van der Waals surface area contributed by atoms with E-state index in [0.717, 1.165) is 10.0 Å². The van der Waals surface area contributed by atoms with E-state index in [2.05, 4.69) is 21.0 Å². The Labute approximate surface area is 102 Å². The third kappa shape index (κ3) is 1.93. The van der Waals surface area contributed by atoms with Crippen LogP contribution in [0.2, 0.25) is 0 Å². The van der Waals surface area contributed by atoms with Gasteiger partial charge in [-0.3, -0.25) is 9.48 Å². The molecule has 0 saturated heterocycles. The van der Waals surface area contributed by atoms with Crippen molar-refractivity contribution in [2.45, 2.75) is 6.92 Å². The van der Waals surface area contributed by atoms with Gasteiger partial charge in [0.25, 0.3) is 0 Å². The van der Waals surface area contributed by atoms with Crippen molar-refractivity contribution in [3.63, 3.8) is 0 Å². The fourth-order valence-corrected chi connectivity index (χ4v) is 1.78. The maximum Gasteiger partial charge on any atom is 0.211 e. The second-order valence-electron chi connectivity index (χ2n) is 3.63. The number of halogens is 1. The van der Waals surface area contributed by atoms with E-state index < -0.39 is 0 Å². The van der Waals surface area contributed by atoms with Crippen molar-refractivity contribution in [1.82, 2.24) is 9.78 Å². The average molecular weight is 279 g/mol. The quantitative estimate of drug-likeness (QED) is 0.792. The molecule has 0 spiro atoms. The summed E-state index contributed by atoms with van der Waals surface area (Å²) in [4.78, 5) is 12.1. The lowest BCUT2D eigenvalue weighted by molar-refractivity contribution is 0.103. The summed E-state index contributed by atoms with van der Waals surface area (Å²) < 4.78 is 2.59. The summed E-state index contributed by atoms with van der Waals surface area (Å²) in [6.45, 7) is 1.96. The molecule has 1 aromatic heterocycles. The van der Waals surface area contributed by atoms with Crippen LogP contribution in [0.1, 0.15) is 21.6 Å². The van der Waals surface area contributed by atoms with Crippen molar-refractivity contribution in [2.75, 3.05) is 0 Å². The number of ketones is 1. The summed E-state index contributed by atoms with van der Waals surface area (Å²) in [7, 11) is 1.76. The minimum Gasteiger partial charge on any atom is -0.287 e. The van der Waals surface area contributed by atoms with Gasteiger partial charge < -0.3 is 0 Å². The molecule has 0 bridgehead atoms. The number of carbonyl (C=O) groups is 1. The summed E-state index contributed by atoms with van der Waals surface area (Å²) in [5, 5.41) is 3.99. The molecule has 16 heavy (non-hydrogen) atoms. The number of rotatable bonds is 2. The van der Waals surface area contributed by atoms with E-state index in [1.807, 2.05) is 25.1 Å². The number of carbonyl (C=O) groups excluding carboxylic acids is 1. The molecule has 0 radical (unpaired) electrons. The molecule has 4 heteroatoms. The van der Waals surface area contributed by atoms with Crippen LogP contribution in [0.15, 0.2) is 34.9 Å². The van der Waals surface area contributed by atoms with Crippen LogP contribution < -0.4 is 0 Å². The minimum atomic E-state index is -0.00407. The van der Waals surface area contributed by atoms with Crippen LogP contribution in [-0.2, 0) is 7.05 Å². The average Bonchev–Trinajstić information content (AvgIpc) is 2.67. The Kier molecular flexibility index (Phi) is 2.92. The monoisotopic (exact) mass is 278 g/mol. The van der Waals surface area contributed by atoms with Gasteiger partial charge >= 0.3 is 0 Å². The van der Waals surface area contributed by atoms with Crippen molar-refractivity contribution in [1.29, 1.82) is 0 Å². The predicted octanol–water partition coefficient (Wildman–Crippen LogP) is 2.72. The second-order valence-corrected chi connectivity index (χ2v) is 4.49. The van der Waals surface area contributed by atoms with E-state index in [1.165, 1.54) is 0 Å². The number of aromatic nitrogens is 2. The van der Waals surface area contributed by atoms with Crippen LogP contribution in [-0.4, -0.2) is 15.6 Å². The van der Waals surface area contributed by atoms with Gasteiger partial charge in [-0.05, 0) is 36.8 Å². The first kappa shape index (κ1) is 11.1. The van der Waals surface area contributed by atoms with Crippen LogP contribution in [0, 0.1) is 6.92 Å². The fraction of sp³-hybridized carbons (Fsp3) is 0.167. The van der Waals surface area contributed by atoms with E-state index in [9.17, 15) is 4.79 Å². The van der Waals surface area contributed by atoms with Gasteiger partial charge in [0.1, 0.15) is 5.69 Å². The van der Waals surface area contributed by atoms with Crippen LogP contribution in [0.25, 0.3) is 0 Å². The van der Waals surface area contributed by atoms with Crippen LogP contribution >= 0.6 is 15.9 Å². The molecule has 0 N–H and O–H groups in total. The van der Waals surface area contributed by atoms with Gasteiger partial charge in [0.05, 0.1) is 0 Å². The third-order valence-electron chi connectivity index (χ3n) is 2.47. The van der Waals surface area contributed by atoms with Crippen molar-refractivity contribution in [3.8, 4) is 0 Å². The molecule has 0 aliphatic carbocycles. The fourth-order valence-electron chi connectivity index (χ4n) is 1.53. The SMILES string of the molecule is Cc1cc(C(=O)c2ccnn2C)ccc1Br. The number of aryl methyl sites for hydroxylation is 2. The molecular weight excluding hydrogens is 268 g/mol. The van der Waals surface area contributed by atoms with E-state index in [4.69, 9.17) is 0 Å². The van der Waals surface area contributed by atoms with Crippen molar-refractivity contribution >= 4 is 21.7 Å². The van der Waals surface area contributed by atoms with Crippen LogP contribution in [0.5, 0.6) is 0 Å². The van der Waals surface area contributed by atoms with Gasteiger partial charge in [0.15, 0.2) is 0 Å². The predicted molar refractivity (Wildman–Crippen MR) is 65.5 cm³/mol. The third-order valence-corrected chi connectivity index (χ3v) is 3.36. The van der Waals surface area contributed by atoms with E-state index in [-0.39, 0.29) is 5.78 Å². The Morgan fingerprint density at radius 3 is 2.69 bits per heavy atom. The van der Waals surface area contributed by atoms with Crippen LogP contribution in [0.4, 0.5) is 0 Å². The molecule has 0 saturated carbocycles. The maximum absolute atomic E-state index is 12.1. The number of hydrogen-bond acceptors (Lipinski definition) is 2. The van der Waals surface area contributed by atoms with E-state index in [0.29, 0.717) is 11.3 Å². The van der Waals surface area contributed by atoms with Gasteiger partial charge in [-0.15, -0.1) is 0 Å². The molecule has 0 aliphatic heterocycles. The molecule has 0 amide bonds. The number of nitrogens with zero attached hydrogens (tertiary/aromatic N) is 2. The zero-order valence-corrected chi connectivity index (χ0v) is 10.7. The zero-order valence-electron chi connectivity index (χ0n) is 9.07. The van der Waals surface area contributed by atoms with Gasteiger partial charge in [0.2, 0.25) is 5.78 Å². The van der Waals surface area contributed by atoms with Gasteiger partial charge in [-0.25, -0.2) is 0 Å². The molecule has 0 fully saturated rings. The molecule has 0 unspecified atom stereocenters. The first-order valence-corrected chi connectivity index (χ1v) is 5.68. The normalized spacial score (nSPS) is 10.4. The molecule has 2 aromatic rings. The lowest BCUT2D eigenvalue weighted by atomic mass is 10.1. The van der Waals surface area contributed by atoms with Crippen molar-refractivity contribution in [2.24, 2.45) is 7.05 Å². The molecule has 3 nitrogen and oxygen atoms in total. The lowest BCUT2D eigenvalue weighted by Crippen LogP contribution is -2.08. The van der Waals surface area contributed by atoms with Gasteiger partial charge in [-0.1, -0.05) is 15.9 Å². The highest BCUT2D eigenvalue weighted by atomic mass is 79.9. The first-order valence-electron chi connectivity index (χ1n) is 4.88. The Bertz CT molecular complexity index is 546. The molecule has 82 valence electrons. The Morgan fingerprint density at radius 2 is 2.12 bits per heavy atom. The smallest absolute Gasteiger partial charge is 0.211 e. The largest absolute Gasteiger partial charge is 0.287 e. The molecule has 1 heterocycles. The summed E-state index contributed by atoms with van der Waals surface area (Å²) in [6, 6.07) is 7.30. The highest BCUT2D eigenvalue weighted by Crippen LogP contribution is 2.18. The second kappa shape index (κ2) is 4.22. The number of benzene rings is 1. The highest BCUT2D eigenvalue weighted by Gasteiger charge is 2.13. The highest BCUT2D eigenvalue weighted by molar-refractivity contribution is 9.10. The van der Waals surface area contributed by atoms with Crippen molar-refractivity contribution < 1.29 is 4.79 Å². The lowest BCUT2D eigenvalue weighted by Gasteiger charge is -2.04. The van der Waals surface area contributed by atoms with E-state index in [1.54, 1.807) is 24.0 Å². The van der Waals surface area contributed by atoms with Crippen LogP contribution in [0.3, 0.4) is 0 Å². The summed E-state index contributed by atoms with van der Waals surface area (Å²) in [5.74, 6) is -0.00407. The Balaban J connectivity index is 2.42. The van der Waals surface area contributed by atoms with Gasteiger partial charge in [-0.2, -0.15) is 5.10 Å². The minimum absolute atomic E-state index is 0.00407. The summed E-state index contributed by atoms with van der Waals surface area (Å²) in [5.41, 5.74) is 2.33. The molecule has 1 aromatic carbocycles. The van der Waals surface area contributed by atoms with E-state index >= 15 is 0 Å². The Morgan fingerprint density at radius 1 is 1.38 bits per heavy atom. The molecule has 0 aliphatic rings. The molecular formula is C12H11BrN2O. The molecule has 2 rings (SSSR count). The maximum atomic E-state index is 12.1. The van der Waals surface area contributed by atoms with Crippen molar-refractivity contribution in [3.05, 3.63) is 51.8 Å². The Hall–Kier alpha value is -1.42. The first-order chi connectivity index (χ1) is 7.59. The summed E-state index contributed by atoms with van der Waals surface area (Å²) in [6.07, 6.45) is 1.62. The zero-order chi connectivity index (χ0) is 11.7. The topological polar surface area (TPSA) is 34.9 Å². The standard InChI is InChI=1S/C12H11BrN2O/c1-8-7-9(3-4-10(8)13)12(16)11-5-6-14-15(11)2/h3-7H,1-2H3. The number of hydrogen-bond donors (Lipinski definition) is 0. The summed E-state index contributed by atoms with van der Waals surface area (Å²) >= 11 is 3.41.